The van der Waals surface area contributed by atoms with Gasteiger partial charge in [0.2, 0.25) is 0 Å². The standard InChI is InChI=1S/C12H24S/c1-3-12(8-9-12)7-5-4-6-11(2)10-13/h11,13H,3-10H2,1-2H3. The smallest absolute Gasteiger partial charge is 0.00721 e. The van der Waals surface area contributed by atoms with Crippen LogP contribution in [-0.2, 0) is 0 Å². The second-order valence-corrected chi connectivity index (χ2v) is 5.25. The van der Waals surface area contributed by atoms with Crippen LogP contribution in [0.4, 0.5) is 0 Å². The molecular weight excluding hydrogens is 176 g/mol. The molecule has 1 saturated carbocycles. The summed E-state index contributed by atoms with van der Waals surface area (Å²) in [6.45, 7) is 4.66. The number of unbranched alkanes of at least 4 members (excludes halogenated alkanes) is 1. The Kier molecular flexibility index (Phi) is 4.64. The van der Waals surface area contributed by atoms with E-state index in [0.717, 1.165) is 17.1 Å². The number of hydrogen-bond acceptors (Lipinski definition) is 1. The van der Waals surface area contributed by atoms with Crippen LogP contribution in [0.3, 0.4) is 0 Å². The molecule has 0 bridgehead atoms. The summed E-state index contributed by atoms with van der Waals surface area (Å²) < 4.78 is 0. The van der Waals surface area contributed by atoms with Gasteiger partial charge >= 0.3 is 0 Å². The highest BCUT2D eigenvalue weighted by molar-refractivity contribution is 7.80. The third-order valence-electron chi connectivity index (χ3n) is 3.67. The van der Waals surface area contributed by atoms with Crippen molar-refractivity contribution in [1.29, 1.82) is 0 Å². The van der Waals surface area contributed by atoms with Crippen molar-refractivity contribution in [3.63, 3.8) is 0 Å². The predicted molar refractivity (Wildman–Crippen MR) is 63.4 cm³/mol. The topological polar surface area (TPSA) is 0 Å². The largest absolute Gasteiger partial charge is 0.179 e. The quantitative estimate of drug-likeness (QED) is 0.459. The van der Waals surface area contributed by atoms with Crippen LogP contribution < -0.4 is 0 Å². The maximum Gasteiger partial charge on any atom is -0.00721 e. The van der Waals surface area contributed by atoms with E-state index < -0.39 is 0 Å². The Bertz CT molecular complexity index is 138. The van der Waals surface area contributed by atoms with Gasteiger partial charge in [-0.05, 0) is 42.8 Å². The summed E-state index contributed by atoms with van der Waals surface area (Å²) in [6, 6.07) is 0. The van der Waals surface area contributed by atoms with Crippen molar-refractivity contribution in [3.8, 4) is 0 Å². The van der Waals surface area contributed by atoms with Crippen LogP contribution in [-0.4, -0.2) is 5.75 Å². The van der Waals surface area contributed by atoms with Gasteiger partial charge in [-0.1, -0.05) is 33.1 Å². The normalized spacial score (nSPS) is 21.5. The minimum Gasteiger partial charge on any atom is -0.179 e. The predicted octanol–water partition coefficient (Wildman–Crippen LogP) is 4.30. The monoisotopic (exact) mass is 200 g/mol. The average Bonchev–Trinajstić information content (AvgIpc) is 2.93. The molecule has 1 atom stereocenters. The highest BCUT2D eigenvalue weighted by Gasteiger charge is 2.39. The molecule has 1 fully saturated rings. The van der Waals surface area contributed by atoms with E-state index in [9.17, 15) is 0 Å². The summed E-state index contributed by atoms with van der Waals surface area (Å²) in [4.78, 5) is 0. The molecule has 1 aliphatic carbocycles. The third kappa shape index (κ3) is 3.93. The molecular formula is C12H24S. The lowest BCUT2D eigenvalue weighted by Crippen LogP contribution is -2.00. The van der Waals surface area contributed by atoms with Crippen molar-refractivity contribution in [2.24, 2.45) is 11.3 Å². The SMILES string of the molecule is CCC1(CCCCC(C)CS)CC1. The third-order valence-corrected chi connectivity index (χ3v) is 4.30. The number of rotatable bonds is 7. The van der Waals surface area contributed by atoms with E-state index in [1.165, 1.54) is 44.9 Å². The zero-order chi connectivity index (χ0) is 9.73. The summed E-state index contributed by atoms with van der Waals surface area (Å²) in [5, 5.41) is 0. The molecule has 0 amide bonds. The molecule has 0 aromatic rings. The fourth-order valence-electron chi connectivity index (χ4n) is 2.04. The van der Waals surface area contributed by atoms with E-state index in [0.29, 0.717) is 0 Å². The van der Waals surface area contributed by atoms with E-state index in [4.69, 9.17) is 0 Å². The van der Waals surface area contributed by atoms with Crippen LogP contribution >= 0.6 is 12.6 Å². The minimum atomic E-state index is 0.810. The van der Waals surface area contributed by atoms with E-state index in [-0.39, 0.29) is 0 Å². The van der Waals surface area contributed by atoms with Gasteiger partial charge in [-0.25, -0.2) is 0 Å². The Balaban J connectivity index is 1.95. The number of hydrogen-bond donors (Lipinski definition) is 1. The summed E-state index contributed by atoms with van der Waals surface area (Å²) in [5.74, 6) is 1.87. The van der Waals surface area contributed by atoms with Crippen LogP contribution in [0, 0.1) is 11.3 Å². The van der Waals surface area contributed by atoms with Crippen molar-refractivity contribution in [2.45, 2.75) is 58.8 Å². The molecule has 0 saturated heterocycles. The first kappa shape index (κ1) is 11.4. The van der Waals surface area contributed by atoms with Gasteiger partial charge in [0, 0.05) is 0 Å². The van der Waals surface area contributed by atoms with Crippen molar-refractivity contribution in [2.75, 3.05) is 5.75 Å². The van der Waals surface area contributed by atoms with Gasteiger partial charge in [-0.15, -0.1) is 0 Å². The maximum atomic E-state index is 4.31. The Morgan fingerprint density at radius 3 is 2.46 bits per heavy atom. The molecule has 0 spiro atoms. The lowest BCUT2D eigenvalue weighted by Gasteiger charge is -2.12. The van der Waals surface area contributed by atoms with Gasteiger partial charge in [0.05, 0.1) is 0 Å². The summed E-state index contributed by atoms with van der Waals surface area (Å²) in [6.07, 6.45) is 10.2. The molecule has 0 aromatic carbocycles. The second kappa shape index (κ2) is 5.29. The molecule has 0 heterocycles. The van der Waals surface area contributed by atoms with Crippen LogP contribution in [0.1, 0.15) is 58.8 Å². The molecule has 0 N–H and O–H groups in total. The van der Waals surface area contributed by atoms with Crippen LogP contribution in [0.2, 0.25) is 0 Å². The Morgan fingerprint density at radius 1 is 1.31 bits per heavy atom. The Hall–Kier alpha value is 0.350. The summed E-state index contributed by atoms with van der Waals surface area (Å²) in [7, 11) is 0. The van der Waals surface area contributed by atoms with Crippen LogP contribution in [0.5, 0.6) is 0 Å². The van der Waals surface area contributed by atoms with Crippen LogP contribution in [0.15, 0.2) is 0 Å². The summed E-state index contributed by atoms with van der Waals surface area (Å²) in [5.41, 5.74) is 0.810. The van der Waals surface area contributed by atoms with Crippen molar-refractivity contribution in [3.05, 3.63) is 0 Å². The van der Waals surface area contributed by atoms with Gasteiger partial charge in [-0.2, -0.15) is 12.6 Å². The van der Waals surface area contributed by atoms with Crippen molar-refractivity contribution < 1.29 is 0 Å². The Morgan fingerprint density at radius 2 is 2.00 bits per heavy atom. The first-order valence-corrected chi connectivity index (χ1v) is 6.46. The lowest BCUT2D eigenvalue weighted by molar-refractivity contribution is 0.410. The molecule has 0 aliphatic heterocycles. The second-order valence-electron chi connectivity index (χ2n) is 4.89. The summed E-state index contributed by atoms with van der Waals surface area (Å²) >= 11 is 4.31. The highest BCUT2D eigenvalue weighted by atomic mass is 32.1. The van der Waals surface area contributed by atoms with Gasteiger partial charge in [0.15, 0.2) is 0 Å². The first-order chi connectivity index (χ1) is 6.22. The van der Waals surface area contributed by atoms with Crippen molar-refractivity contribution >= 4 is 12.6 Å². The van der Waals surface area contributed by atoms with E-state index in [1.807, 2.05) is 0 Å². The van der Waals surface area contributed by atoms with E-state index >= 15 is 0 Å². The molecule has 0 aromatic heterocycles. The van der Waals surface area contributed by atoms with Gasteiger partial charge < -0.3 is 0 Å². The van der Waals surface area contributed by atoms with E-state index in [2.05, 4.69) is 26.5 Å². The average molecular weight is 200 g/mol. The molecule has 0 radical (unpaired) electrons. The van der Waals surface area contributed by atoms with Gasteiger partial charge in [0.25, 0.3) is 0 Å². The zero-order valence-corrected chi connectivity index (χ0v) is 10.1. The molecule has 1 unspecified atom stereocenters. The maximum absolute atomic E-state index is 4.31. The fraction of sp³-hybridized carbons (Fsp3) is 1.00. The van der Waals surface area contributed by atoms with Gasteiger partial charge in [0.1, 0.15) is 0 Å². The first-order valence-electron chi connectivity index (χ1n) is 5.83. The Labute approximate surface area is 88.9 Å². The lowest BCUT2D eigenvalue weighted by atomic mass is 9.94. The van der Waals surface area contributed by atoms with E-state index in [1.54, 1.807) is 0 Å². The van der Waals surface area contributed by atoms with Gasteiger partial charge in [-0.3, -0.25) is 0 Å². The number of thiol groups is 1. The highest BCUT2D eigenvalue weighted by Crippen LogP contribution is 2.52. The minimum absolute atomic E-state index is 0.810. The molecule has 13 heavy (non-hydrogen) atoms. The molecule has 1 rings (SSSR count). The molecule has 78 valence electrons. The van der Waals surface area contributed by atoms with Crippen molar-refractivity contribution in [1.82, 2.24) is 0 Å². The zero-order valence-electron chi connectivity index (χ0n) is 9.18. The molecule has 0 nitrogen and oxygen atoms in total. The molecule has 1 aliphatic rings. The fourth-order valence-corrected chi connectivity index (χ4v) is 2.22. The van der Waals surface area contributed by atoms with Crippen LogP contribution in [0.25, 0.3) is 0 Å². The molecule has 1 heteroatoms.